The molecule has 0 aliphatic carbocycles. The van der Waals surface area contributed by atoms with E-state index in [-0.39, 0.29) is 17.9 Å². The predicted octanol–water partition coefficient (Wildman–Crippen LogP) is 0.823. The highest BCUT2D eigenvalue weighted by Crippen LogP contribution is 2.40. The van der Waals surface area contributed by atoms with Crippen molar-refractivity contribution in [2.24, 2.45) is 0 Å². The summed E-state index contributed by atoms with van der Waals surface area (Å²) in [6.45, 7) is 0.531. The van der Waals surface area contributed by atoms with Crippen molar-refractivity contribution in [2.45, 2.75) is 24.6 Å². The van der Waals surface area contributed by atoms with Crippen molar-refractivity contribution in [2.75, 3.05) is 11.5 Å². The molecule has 3 rings (SSSR count). The number of carboxylic acids is 1. The summed E-state index contributed by atoms with van der Waals surface area (Å²) >= 11 is 0. The lowest BCUT2D eigenvalue weighted by Gasteiger charge is -2.34. The molecule has 2 saturated heterocycles. The van der Waals surface area contributed by atoms with E-state index in [1.54, 1.807) is 29.2 Å². The van der Waals surface area contributed by atoms with Crippen molar-refractivity contribution in [3.63, 3.8) is 0 Å². The Bertz CT molecular complexity index is 462. The third-order valence-electron chi connectivity index (χ3n) is 3.47. The van der Waals surface area contributed by atoms with E-state index < -0.39 is 12.0 Å². The quantitative estimate of drug-likeness (QED) is 0.794. The first-order valence-electron chi connectivity index (χ1n) is 5.59. The van der Waals surface area contributed by atoms with Gasteiger partial charge in [-0.2, -0.15) is 0 Å². The summed E-state index contributed by atoms with van der Waals surface area (Å²) in [6.07, 6.45) is 0.447. The Hall–Kier alpha value is -1.75. The molecular weight excluding hydrogens is 222 g/mol. The molecule has 0 radical (unpaired) electrons. The van der Waals surface area contributed by atoms with E-state index in [4.69, 9.17) is 4.74 Å². The van der Waals surface area contributed by atoms with Crippen molar-refractivity contribution in [1.82, 2.24) is 0 Å². The van der Waals surface area contributed by atoms with Crippen molar-refractivity contribution >= 4 is 11.7 Å². The van der Waals surface area contributed by atoms with Gasteiger partial charge in [-0.25, -0.2) is 4.79 Å². The van der Waals surface area contributed by atoms with E-state index in [1.165, 1.54) is 0 Å². The number of phenols is 1. The van der Waals surface area contributed by atoms with Crippen LogP contribution in [0.15, 0.2) is 24.3 Å². The van der Waals surface area contributed by atoms with Crippen LogP contribution in [0.3, 0.4) is 0 Å². The van der Waals surface area contributed by atoms with Crippen molar-refractivity contribution in [1.29, 1.82) is 0 Å². The van der Waals surface area contributed by atoms with Gasteiger partial charge in [-0.15, -0.1) is 0 Å². The number of aromatic hydroxyl groups is 1. The van der Waals surface area contributed by atoms with Gasteiger partial charge in [0.05, 0.1) is 24.4 Å². The molecule has 0 amide bonds. The lowest BCUT2D eigenvalue weighted by molar-refractivity contribution is -0.141. The molecule has 2 bridgehead atoms. The van der Waals surface area contributed by atoms with Crippen LogP contribution in [0.2, 0.25) is 0 Å². The first kappa shape index (κ1) is 10.4. The standard InChI is InChI=1S/C12H13NO4/c14-9-4-2-1-3-8(9)13-7-5-10(17-6-7)11(13)12(15)16/h1-4,7,10-11,14H,5-6H2,(H,15,16). The first-order valence-corrected chi connectivity index (χ1v) is 5.59. The van der Waals surface area contributed by atoms with Crippen molar-refractivity contribution in [3.05, 3.63) is 24.3 Å². The average Bonchev–Trinajstić information content (AvgIpc) is 2.89. The van der Waals surface area contributed by atoms with E-state index >= 15 is 0 Å². The van der Waals surface area contributed by atoms with Crippen LogP contribution >= 0.6 is 0 Å². The fraction of sp³-hybridized carbons (Fsp3) is 0.417. The van der Waals surface area contributed by atoms with Crippen LogP contribution in [0, 0.1) is 0 Å². The molecule has 3 unspecified atom stereocenters. The molecule has 2 fully saturated rings. The molecule has 2 aliphatic rings. The van der Waals surface area contributed by atoms with E-state index in [0.29, 0.717) is 18.7 Å². The minimum absolute atomic E-state index is 0.0504. The number of rotatable bonds is 2. The monoisotopic (exact) mass is 235 g/mol. The Morgan fingerprint density at radius 2 is 2.18 bits per heavy atom. The topological polar surface area (TPSA) is 70.0 Å². The Balaban J connectivity index is 2.02. The molecule has 5 nitrogen and oxygen atoms in total. The number of hydrogen-bond donors (Lipinski definition) is 2. The summed E-state index contributed by atoms with van der Waals surface area (Å²) in [6, 6.07) is 6.18. The van der Waals surface area contributed by atoms with Crippen LogP contribution in [0.1, 0.15) is 6.42 Å². The van der Waals surface area contributed by atoms with Gasteiger partial charge in [0, 0.05) is 0 Å². The Kier molecular flexibility index (Phi) is 2.22. The molecule has 90 valence electrons. The Morgan fingerprint density at radius 3 is 2.88 bits per heavy atom. The van der Waals surface area contributed by atoms with Crippen LogP contribution in [0.4, 0.5) is 5.69 Å². The minimum Gasteiger partial charge on any atom is -0.506 e. The van der Waals surface area contributed by atoms with Gasteiger partial charge in [0.15, 0.2) is 6.04 Å². The highest BCUT2D eigenvalue weighted by atomic mass is 16.5. The van der Waals surface area contributed by atoms with Gasteiger partial charge < -0.3 is 19.8 Å². The molecule has 0 aromatic heterocycles. The number of benzene rings is 1. The SMILES string of the molecule is O=C(O)C1C2CC(CO2)N1c1ccccc1O. The number of phenolic OH excluding ortho intramolecular Hbond substituents is 1. The van der Waals surface area contributed by atoms with Crippen molar-refractivity contribution in [3.8, 4) is 5.75 Å². The molecule has 2 heterocycles. The number of aliphatic carboxylic acids is 1. The number of anilines is 1. The van der Waals surface area contributed by atoms with Crippen molar-refractivity contribution < 1.29 is 19.7 Å². The summed E-state index contributed by atoms with van der Waals surface area (Å²) in [5.41, 5.74) is 0.579. The molecule has 0 spiro atoms. The fourth-order valence-corrected chi connectivity index (χ4v) is 2.77. The zero-order valence-electron chi connectivity index (χ0n) is 9.11. The molecule has 1 aromatic carbocycles. The van der Waals surface area contributed by atoms with E-state index in [0.717, 1.165) is 0 Å². The number of morpholine rings is 1. The number of carboxylic acid groups (broad SMARTS) is 1. The lowest BCUT2D eigenvalue weighted by atomic mass is 10.1. The highest BCUT2D eigenvalue weighted by Gasteiger charge is 2.51. The lowest BCUT2D eigenvalue weighted by Crippen LogP contribution is -2.50. The van der Waals surface area contributed by atoms with E-state index in [2.05, 4.69) is 0 Å². The predicted molar refractivity (Wildman–Crippen MR) is 60.2 cm³/mol. The highest BCUT2D eigenvalue weighted by molar-refractivity contribution is 5.82. The second-order valence-corrected chi connectivity index (χ2v) is 4.44. The van der Waals surface area contributed by atoms with E-state index in [9.17, 15) is 15.0 Å². The second-order valence-electron chi connectivity index (χ2n) is 4.44. The zero-order chi connectivity index (χ0) is 12.0. The number of fused-ring (bicyclic) bond motifs is 2. The average molecular weight is 235 g/mol. The van der Waals surface area contributed by atoms with E-state index in [1.807, 2.05) is 0 Å². The maximum Gasteiger partial charge on any atom is 0.329 e. The smallest absolute Gasteiger partial charge is 0.329 e. The van der Waals surface area contributed by atoms with Gasteiger partial charge in [-0.05, 0) is 18.6 Å². The maximum absolute atomic E-state index is 11.3. The fourth-order valence-electron chi connectivity index (χ4n) is 2.77. The maximum atomic E-state index is 11.3. The van der Waals surface area contributed by atoms with Gasteiger partial charge in [0.25, 0.3) is 0 Å². The number of nitrogens with zero attached hydrogens (tertiary/aromatic N) is 1. The summed E-state index contributed by atoms with van der Waals surface area (Å²) in [4.78, 5) is 13.1. The molecule has 3 atom stereocenters. The number of carbonyl (C=O) groups is 1. The largest absolute Gasteiger partial charge is 0.506 e. The first-order chi connectivity index (χ1) is 8.18. The summed E-state index contributed by atoms with van der Waals surface area (Å²) in [5.74, 6) is -0.785. The Morgan fingerprint density at radius 1 is 1.41 bits per heavy atom. The molecule has 5 heteroatoms. The molecule has 1 aromatic rings. The van der Waals surface area contributed by atoms with Crippen LogP contribution < -0.4 is 4.90 Å². The summed E-state index contributed by atoms with van der Waals surface area (Å²) in [7, 11) is 0. The normalized spacial score (nSPS) is 30.8. The molecule has 17 heavy (non-hydrogen) atoms. The third kappa shape index (κ3) is 1.46. The van der Waals surface area contributed by atoms with Crippen LogP contribution in [0.5, 0.6) is 5.75 Å². The molecule has 2 aliphatic heterocycles. The third-order valence-corrected chi connectivity index (χ3v) is 3.47. The number of para-hydroxylation sites is 2. The minimum atomic E-state index is -0.902. The van der Waals surface area contributed by atoms with Crippen LogP contribution in [-0.4, -0.2) is 41.0 Å². The molecule has 0 saturated carbocycles. The summed E-state index contributed by atoms with van der Waals surface area (Å²) < 4.78 is 5.41. The van der Waals surface area contributed by atoms with Crippen LogP contribution in [-0.2, 0) is 9.53 Å². The molecule has 2 N–H and O–H groups in total. The Labute approximate surface area is 98.2 Å². The summed E-state index contributed by atoms with van der Waals surface area (Å²) in [5, 5.41) is 19.1. The number of ether oxygens (including phenoxy) is 1. The molecular formula is C12H13NO4. The van der Waals surface area contributed by atoms with Gasteiger partial charge in [0.1, 0.15) is 5.75 Å². The van der Waals surface area contributed by atoms with Gasteiger partial charge in [0.2, 0.25) is 0 Å². The second kappa shape index (κ2) is 3.63. The van der Waals surface area contributed by atoms with Gasteiger partial charge in [-0.3, -0.25) is 0 Å². The zero-order valence-corrected chi connectivity index (χ0v) is 9.11. The van der Waals surface area contributed by atoms with Gasteiger partial charge >= 0.3 is 5.97 Å². The van der Waals surface area contributed by atoms with Gasteiger partial charge in [-0.1, -0.05) is 12.1 Å². The number of hydrogen-bond acceptors (Lipinski definition) is 4. The van der Waals surface area contributed by atoms with Crippen LogP contribution in [0.25, 0.3) is 0 Å².